The van der Waals surface area contributed by atoms with E-state index in [-0.39, 0.29) is 23.8 Å². The number of aromatic nitrogens is 4. The van der Waals surface area contributed by atoms with E-state index in [9.17, 15) is 4.79 Å². The van der Waals surface area contributed by atoms with Crippen LogP contribution in [-0.2, 0) is 16.7 Å². The van der Waals surface area contributed by atoms with Crippen LogP contribution in [0.2, 0.25) is 0 Å². The Balaban J connectivity index is 1.52. The van der Waals surface area contributed by atoms with Crippen LogP contribution in [0, 0.1) is 0 Å². The van der Waals surface area contributed by atoms with Gasteiger partial charge in [0.1, 0.15) is 11.9 Å². The van der Waals surface area contributed by atoms with Gasteiger partial charge in [-0.05, 0) is 49.1 Å². The number of rotatable bonds is 10. The summed E-state index contributed by atoms with van der Waals surface area (Å²) in [5.41, 5.74) is 10.6. The van der Waals surface area contributed by atoms with E-state index in [2.05, 4.69) is 44.6 Å². The highest BCUT2D eigenvalue weighted by Crippen LogP contribution is 2.43. The lowest BCUT2D eigenvalue weighted by Crippen LogP contribution is -2.42. The second-order valence-corrected chi connectivity index (χ2v) is 11.9. The third-order valence-electron chi connectivity index (χ3n) is 7.90. The summed E-state index contributed by atoms with van der Waals surface area (Å²) in [4.78, 5) is 16.1. The van der Waals surface area contributed by atoms with Crippen molar-refractivity contribution in [3.05, 3.63) is 34.9 Å². The summed E-state index contributed by atoms with van der Waals surface area (Å²) in [5, 5.41) is 9.45. The van der Waals surface area contributed by atoms with E-state index in [4.69, 9.17) is 25.0 Å². The number of anilines is 2. The van der Waals surface area contributed by atoms with Gasteiger partial charge in [-0.2, -0.15) is 0 Å². The summed E-state index contributed by atoms with van der Waals surface area (Å²) in [6, 6.07) is 5.88. The topological polar surface area (TPSA) is 108 Å². The highest BCUT2D eigenvalue weighted by molar-refractivity contribution is 5.97. The highest BCUT2D eigenvalue weighted by Gasteiger charge is 2.33. The van der Waals surface area contributed by atoms with Crippen molar-refractivity contribution in [3.8, 4) is 11.6 Å². The lowest BCUT2D eigenvalue weighted by atomic mass is 9.84. The summed E-state index contributed by atoms with van der Waals surface area (Å²) < 4.78 is 20.9. The van der Waals surface area contributed by atoms with Crippen LogP contribution >= 0.6 is 0 Å². The van der Waals surface area contributed by atoms with Gasteiger partial charge in [0.05, 0.1) is 26.0 Å². The Bertz CT molecular complexity index is 1380. The first kappa shape index (κ1) is 28.1. The first-order valence-corrected chi connectivity index (χ1v) is 14.5. The molecule has 0 atom stereocenters. The number of carbonyl (C=O) groups is 1. The minimum atomic E-state index is -0.230. The molecule has 0 spiro atoms. The smallest absolute Gasteiger partial charge is 0.401 e. The van der Waals surface area contributed by atoms with Gasteiger partial charge in [0.25, 0.3) is 5.65 Å². The number of nitrogen functional groups attached to an aromatic ring is 1. The van der Waals surface area contributed by atoms with Crippen LogP contribution in [0.5, 0.6) is 11.6 Å². The molecule has 3 heterocycles. The first-order chi connectivity index (χ1) is 19.1. The summed E-state index contributed by atoms with van der Waals surface area (Å²) in [7, 11) is 1.69. The number of morpholine rings is 1. The molecule has 1 aliphatic carbocycles. The van der Waals surface area contributed by atoms with Crippen molar-refractivity contribution in [2.24, 2.45) is 0 Å². The number of Topliss-reactive ketones (excluding diaryl/α,β-unsaturated/α-hetero) is 1. The summed E-state index contributed by atoms with van der Waals surface area (Å²) in [5.74, 6) is 1.98. The van der Waals surface area contributed by atoms with E-state index in [1.165, 1.54) is 0 Å². The molecule has 40 heavy (non-hydrogen) atoms. The average molecular weight is 552 g/mol. The van der Waals surface area contributed by atoms with E-state index < -0.39 is 0 Å². The molecule has 2 fully saturated rings. The Hall–Kier alpha value is -3.40. The van der Waals surface area contributed by atoms with Crippen LogP contribution in [0.4, 0.5) is 11.6 Å². The molecule has 1 aliphatic heterocycles. The normalized spacial score (nSPS) is 16.1. The molecule has 0 unspecified atom stereocenters. The fraction of sp³-hybridized carbons (Fsp3) is 0.600. The van der Waals surface area contributed by atoms with Gasteiger partial charge >= 0.3 is 5.95 Å². The van der Waals surface area contributed by atoms with Crippen LogP contribution in [0.25, 0.3) is 5.65 Å². The lowest BCUT2D eigenvalue weighted by molar-refractivity contribution is -0.723. The van der Waals surface area contributed by atoms with Crippen molar-refractivity contribution >= 4 is 23.1 Å². The van der Waals surface area contributed by atoms with Crippen LogP contribution < -0.4 is 24.8 Å². The molecule has 10 heteroatoms. The van der Waals surface area contributed by atoms with Crippen molar-refractivity contribution in [2.45, 2.75) is 84.3 Å². The number of ether oxygens (including phenoxy) is 3. The second kappa shape index (κ2) is 11.2. The maximum absolute atomic E-state index is 13.8. The molecule has 2 aliphatic rings. The van der Waals surface area contributed by atoms with Gasteiger partial charge in [-0.1, -0.05) is 49.3 Å². The molecule has 3 aromatic rings. The highest BCUT2D eigenvalue weighted by atomic mass is 16.5. The van der Waals surface area contributed by atoms with Gasteiger partial charge < -0.3 is 19.1 Å². The minimum absolute atomic E-state index is 0.000494. The molecule has 1 saturated carbocycles. The molecule has 0 radical (unpaired) electrons. The fourth-order valence-electron chi connectivity index (χ4n) is 5.34. The number of ketones is 1. The van der Waals surface area contributed by atoms with E-state index in [0.29, 0.717) is 42.2 Å². The number of nitrogens with zero attached hydrogens (tertiary/aromatic N) is 5. The van der Waals surface area contributed by atoms with Crippen molar-refractivity contribution in [1.29, 1.82) is 0 Å². The van der Waals surface area contributed by atoms with Crippen LogP contribution in [0.3, 0.4) is 0 Å². The number of hydrogen-bond acceptors (Lipinski definition) is 8. The quantitative estimate of drug-likeness (QED) is 0.297. The maximum Gasteiger partial charge on any atom is 0.401 e. The molecule has 10 nitrogen and oxygen atoms in total. The Morgan fingerprint density at radius 3 is 2.48 bits per heavy atom. The molecule has 2 aromatic heterocycles. The molecule has 216 valence electrons. The van der Waals surface area contributed by atoms with Crippen molar-refractivity contribution in [3.63, 3.8) is 0 Å². The Kier molecular flexibility index (Phi) is 7.90. The van der Waals surface area contributed by atoms with Crippen molar-refractivity contribution in [2.75, 3.05) is 44.0 Å². The number of carbonyl (C=O) groups excluding carboxylic acids is 1. The number of hydrogen-bond donors (Lipinski definition) is 1. The van der Waals surface area contributed by atoms with Gasteiger partial charge in [-0.15, -0.1) is 4.68 Å². The monoisotopic (exact) mass is 551 g/mol. The zero-order chi connectivity index (χ0) is 28.6. The van der Waals surface area contributed by atoms with Gasteiger partial charge in [-0.25, -0.2) is 0 Å². The van der Waals surface area contributed by atoms with E-state index >= 15 is 0 Å². The standard InChI is InChI=1S/C30H42N6O4/c1-7-21(8-2)40-26-17-22(19-9-10-19)28-33-35(29(31)36(28)32-26)18-25(37)20-15-23(30(3,4)5)27(38-6)24(16-20)34-11-13-39-14-12-34/h15-17,19,21,31H,7-14,18H2,1-6H3/p+1. The van der Waals surface area contributed by atoms with Crippen LogP contribution in [-0.4, -0.2) is 60.0 Å². The third kappa shape index (κ3) is 5.59. The van der Waals surface area contributed by atoms with Gasteiger partial charge in [0, 0.05) is 35.8 Å². The molecule has 0 amide bonds. The van der Waals surface area contributed by atoms with E-state index in [1.54, 1.807) is 16.3 Å². The fourth-order valence-corrected chi connectivity index (χ4v) is 5.34. The Morgan fingerprint density at radius 2 is 1.88 bits per heavy atom. The second-order valence-electron chi connectivity index (χ2n) is 11.9. The average Bonchev–Trinajstić information content (AvgIpc) is 3.75. The number of methoxy groups -OCH3 is 1. The summed E-state index contributed by atoms with van der Waals surface area (Å²) in [6.45, 7) is 13.4. The summed E-state index contributed by atoms with van der Waals surface area (Å²) in [6.07, 6.45) is 4.08. The minimum Gasteiger partial charge on any atom is -0.494 e. The Morgan fingerprint density at radius 1 is 1.18 bits per heavy atom. The number of fused-ring (bicyclic) bond motifs is 1. The van der Waals surface area contributed by atoms with Gasteiger partial charge in [0.2, 0.25) is 5.88 Å². The molecule has 0 bridgehead atoms. The van der Waals surface area contributed by atoms with Crippen LogP contribution in [0.1, 0.15) is 87.7 Å². The SMILES string of the molecule is CCC(CC)Oc1cc(C2CC2)c2n[n+](CC(=O)c3cc(N4CCOCC4)c(OC)c(C(C)(C)C)c3)c(N)n2n1. The molecular formula is C30H43N6O4+. The zero-order valence-electron chi connectivity index (χ0n) is 24.7. The molecule has 5 rings (SSSR count). The van der Waals surface area contributed by atoms with Gasteiger partial charge in [0.15, 0.2) is 12.3 Å². The van der Waals surface area contributed by atoms with Gasteiger partial charge in [-0.3, -0.25) is 10.5 Å². The Labute approximate surface area is 236 Å². The third-order valence-corrected chi connectivity index (χ3v) is 7.90. The predicted octanol–water partition coefficient (Wildman–Crippen LogP) is 4.07. The first-order valence-electron chi connectivity index (χ1n) is 14.5. The lowest BCUT2D eigenvalue weighted by Gasteiger charge is -2.33. The van der Waals surface area contributed by atoms with Crippen molar-refractivity contribution in [1.82, 2.24) is 14.7 Å². The van der Waals surface area contributed by atoms with E-state index in [1.807, 2.05) is 18.2 Å². The maximum atomic E-state index is 13.8. The number of benzene rings is 1. The number of nitrogens with two attached hydrogens (primary N) is 1. The van der Waals surface area contributed by atoms with Crippen LogP contribution in [0.15, 0.2) is 18.2 Å². The summed E-state index contributed by atoms with van der Waals surface area (Å²) >= 11 is 0. The molecular weight excluding hydrogens is 508 g/mol. The largest absolute Gasteiger partial charge is 0.494 e. The van der Waals surface area contributed by atoms with E-state index in [0.717, 1.165) is 61.3 Å². The zero-order valence-corrected chi connectivity index (χ0v) is 24.7. The molecule has 1 saturated heterocycles. The predicted molar refractivity (Wildman–Crippen MR) is 154 cm³/mol. The van der Waals surface area contributed by atoms with Crippen molar-refractivity contribution < 1.29 is 23.7 Å². The molecule has 1 aromatic carbocycles. The molecule has 2 N–H and O–H groups in total.